The molecule has 224 valence electrons. The smallest absolute Gasteiger partial charge is 0.179 e. The molecule has 4 aromatic carbocycles. The second-order valence-electron chi connectivity index (χ2n) is 11.3. The van der Waals surface area contributed by atoms with E-state index < -0.39 is 0 Å². The molecule has 5 aromatic rings. The van der Waals surface area contributed by atoms with Crippen LogP contribution < -0.4 is 9.80 Å². The van der Waals surface area contributed by atoms with Crippen molar-refractivity contribution < 1.29 is 4.39 Å². The highest BCUT2D eigenvalue weighted by Gasteiger charge is 2.43. The molecule has 1 fully saturated rings. The number of fused-ring (bicyclic) bond motifs is 4. The summed E-state index contributed by atoms with van der Waals surface area (Å²) in [6.07, 6.45) is 0. The Bertz CT molecular complexity index is 1980. The van der Waals surface area contributed by atoms with Crippen molar-refractivity contribution in [2.75, 3.05) is 36.0 Å². The Kier molecular flexibility index (Phi) is 6.84. The van der Waals surface area contributed by atoms with Crippen LogP contribution >= 0.6 is 23.2 Å². The zero-order valence-electron chi connectivity index (χ0n) is 24.4. The minimum atomic E-state index is -0.285. The van der Waals surface area contributed by atoms with Crippen LogP contribution in [0.4, 0.5) is 27.3 Å². The van der Waals surface area contributed by atoms with E-state index in [0.717, 1.165) is 83.2 Å². The van der Waals surface area contributed by atoms with E-state index in [0.29, 0.717) is 10.0 Å². The molecule has 1 atom stereocenters. The molecule has 0 N–H and O–H groups in total. The first kappa shape index (κ1) is 27.9. The predicted molar refractivity (Wildman–Crippen MR) is 180 cm³/mol. The van der Waals surface area contributed by atoms with E-state index in [2.05, 4.69) is 20.8 Å². The first-order valence-corrected chi connectivity index (χ1v) is 15.6. The van der Waals surface area contributed by atoms with Crippen LogP contribution in [0.15, 0.2) is 107 Å². The molecule has 0 saturated carbocycles. The Labute approximate surface area is 270 Å². The number of hydrogen-bond acceptors (Lipinski definition) is 6. The molecule has 0 unspecified atom stereocenters. The maximum absolute atomic E-state index is 13.6. The third-order valence-electron chi connectivity index (χ3n) is 8.65. The van der Waals surface area contributed by atoms with Crippen molar-refractivity contribution in [1.82, 2.24) is 14.7 Å². The van der Waals surface area contributed by atoms with Crippen molar-refractivity contribution in [3.8, 4) is 5.69 Å². The SMILES string of the molecule is Cc1nn(-c2ccccc2)c2c1[C@@H](c1ccc(Cl)c(Cl)c1)N1C(=N2)C(N2CCN(c3ccc(F)cc3)CC2)=Nc2ccccc21. The fraction of sp³-hybridized carbons (Fsp3) is 0.171. The Morgan fingerprint density at radius 3 is 2.18 bits per heavy atom. The van der Waals surface area contributed by atoms with Crippen molar-refractivity contribution in [2.24, 2.45) is 9.98 Å². The summed E-state index contributed by atoms with van der Waals surface area (Å²) in [7, 11) is 0. The molecule has 45 heavy (non-hydrogen) atoms. The van der Waals surface area contributed by atoms with Crippen LogP contribution in [0.3, 0.4) is 0 Å². The van der Waals surface area contributed by atoms with Gasteiger partial charge in [-0.05, 0) is 73.2 Å². The molecule has 3 aliphatic rings. The molecule has 10 heteroatoms. The molecule has 1 aromatic heterocycles. The number of halogens is 3. The predicted octanol–water partition coefficient (Wildman–Crippen LogP) is 8.13. The lowest BCUT2D eigenvalue weighted by Gasteiger charge is -2.44. The highest BCUT2D eigenvalue weighted by atomic mass is 35.5. The van der Waals surface area contributed by atoms with Crippen LogP contribution in [0, 0.1) is 12.7 Å². The van der Waals surface area contributed by atoms with Crippen LogP contribution in [-0.2, 0) is 0 Å². The molecule has 7 nitrogen and oxygen atoms in total. The second-order valence-corrected chi connectivity index (χ2v) is 12.1. The Balaban J connectivity index is 1.28. The number of para-hydroxylation sites is 3. The topological polar surface area (TPSA) is 52.3 Å². The minimum absolute atomic E-state index is 0.233. The Morgan fingerprint density at radius 1 is 0.711 bits per heavy atom. The zero-order chi connectivity index (χ0) is 30.7. The molecule has 0 aliphatic carbocycles. The lowest BCUT2D eigenvalue weighted by atomic mass is 9.93. The highest BCUT2D eigenvalue weighted by molar-refractivity contribution is 6.48. The van der Waals surface area contributed by atoms with Gasteiger partial charge in [0.1, 0.15) is 5.82 Å². The fourth-order valence-electron chi connectivity index (χ4n) is 6.49. The van der Waals surface area contributed by atoms with Crippen molar-refractivity contribution in [3.63, 3.8) is 0 Å². The normalized spacial score (nSPS) is 17.3. The average Bonchev–Trinajstić information content (AvgIpc) is 3.41. The molecule has 4 heterocycles. The molecular formula is C35H28Cl2FN7. The molecular weight excluding hydrogens is 608 g/mol. The van der Waals surface area contributed by atoms with Gasteiger partial charge in [0.2, 0.25) is 0 Å². The fourth-order valence-corrected chi connectivity index (χ4v) is 6.79. The first-order chi connectivity index (χ1) is 22.0. The number of amidine groups is 2. The van der Waals surface area contributed by atoms with E-state index >= 15 is 0 Å². The number of hydrogen-bond donors (Lipinski definition) is 0. The van der Waals surface area contributed by atoms with Gasteiger partial charge in [-0.3, -0.25) is 0 Å². The molecule has 0 amide bonds. The van der Waals surface area contributed by atoms with Gasteiger partial charge in [0.15, 0.2) is 17.5 Å². The highest BCUT2D eigenvalue weighted by Crippen LogP contribution is 2.49. The number of piperazine rings is 1. The number of rotatable bonds is 3. The average molecular weight is 637 g/mol. The van der Waals surface area contributed by atoms with Gasteiger partial charge in [0.05, 0.1) is 38.8 Å². The lowest BCUT2D eigenvalue weighted by molar-refractivity contribution is 0.389. The van der Waals surface area contributed by atoms with Crippen molar-refractivity contribution in [1.29, 1.82) is 0 Å². The van der Waals surface area contributed by atoms with Crippen LogP contribution in [0.5, 0.6) is 0 Å². The van der Waals surface area contributed by atoms with E-state index in [9.17, 15) is 4.39 Å². The Hall–Kier alpha value is -4.66. The summed E-state index contributed by atoms with van der Waals surface area (Å²) in [6, 6.07) is 30.5. The molecule has 0 radical (unpaired) electrons. The van der Waals surface area contributed by atoms with E-state index in [1.807, 2.05) is 90.5 Å². The molecule has 0 spiro atoms. The van der Waals surface area contributed by atoms with Gasteiger partial charge in [-0.1, -0.05) is 59.6 Å². The van der Waals surface area contributed by atoms with Gasteiger partial charge in [-0.2, -0.15) is 5.10 Å². The van der Waals surface area contributed by atoms with Gasteiger partial charge < -0.3 is 14.7 Å². The maximum atomic E-state index is 13.6. The molecule has 1 saturated heterocycles. The minimum Gasteiger partial charge on any atom is -0.368 e. The number of benzene rings is 4. The zero-order valence-corrected chi connectivity index (χ0v) is 25.9. The van der Waals surface area contributed by atoms with Gasteiger partial charge in [0, 0.05) is 37.4 Å². The van der Waals surface area contributed by atoms with Crippen LogP contribution in [0.1, 0.15) is 22.9 Å². The van der Waals surface area contributed by atoms with Crippen molar-refractivity contribution in [3.05, 3.63) is 130 Å². The van der Waals surface area contributed by atoms with E-state index in [1.165, 1.54) is 12.1 Å². The molecule has 0 bridgehead atoms. The van der Waals surface area contributed by atoms with Crippen LogP contribution in [0.2, 0.25) is 10.0 Å². The maximum Gasteiger partial charge on any atom is 0.179 e. The van der Waals surface area contributed by atoms with Gasteiger partial charge in [0.25, 0.3) is 0 Å². The van der Waals surface area contributed by atoms with Crippen LogP contribution in [0.25, 0.3) is 5.69 Å². The number of aryl methyl sites for hydroxylation is 1. The molecule has 3 aliphatic heterocycles. The monoisotopic (exact) mass is 635 g/mol. The van der Waals surface area contributed by atoms with Gasteiger partial charge in [-0.25, -0.2) is 19.1 Å². The summed E-state index contributed by atoms with van der Waals surface area (Å²) in [5.41, 5.74) is 6.61. The summed E-state index contributed by atoms with van der Waals surface area (Å²) in [5, 5.41) is 6.01. The largest absolute Gasteiger partial charge is 0.368 e. The van der Waals surface area contributed by atoms with Gasteiger partial charge in [-0.15, -0.1) is 0 Å². The first-order valence-electron chi connectivity index (χ1n) is 14.9. The van der Waals surface area contributed by atoms with E-state index in [1.54, 1.807) is 0 Å². The Morgan fingerprint density at radius 2 is 1.42 bits per heavy atom. The van der Waals surface area contributed by atoms with E-state index in [4.69, 9.17) is 38.3 Å². The number of aliphatic imine (C=N–C) groups is 2. The van der Waals surface area contributed by atoms with E-state index in [-0.39, 0.29) is 11.9 Å². The third kappa shape index (κ3) is 4.76. The summed E-state index contributed by atoms with van der Waals surface area (Å²) in [5.74, 6) is 2.09. The van der Waals surface area contributed by atoms with Gasteiger partial charge >= 0.3 is 0 Å². The summed E-state index contributed by atoms with van der Waals surface area (Å²) in [6.45, 7) is 5.02. The van der Waals surface area contributed by atoms with Crippen molar-refractivity contribution in [2.45, 2.75) is 13.0 Å². The summed E-state index contributed by atoms with van der Waals surface area (Å²) < 4.78 is 15.5. The number of anilines is 2. The second kappa shape index (κ2) is 11.1. The summed E-state index contributed by atoms with van der Waals surface area (Å²) >= 11 is 13.0. The standard InChI is InChI=1S/C35H28Cl2FN7/c1-22-31-32(23-11-16-27(36)28(37)21-23)44-30-10-6-5-9-29(30)39-34(35(44)40-33(31)45(41-22)26-7-3-2-4-8-26)43-19-17-42(18-20-43)25-14-12-24(38)13-15-25/h2-16,21,32H,17-20H2,1H3/t32-/m1/s1. The van der Waals surface area contributed by atoms with Crippen LogP contribution in [-0.4, -0.2) is 52.5 Å². The quantitative estimate of drug-likeness (QED) is 0.201. The lowest BCUT2D eigenvalue weighted by Crippen LogP contribution is -2.55. The third-order valence-corrected chi connectivity index (χ3v) is 9.39. The van der Waals surface area contributed by atoms with Crippen molar-refractivity contribution >= 4 is 57.8 Å². The number of aromatic nitrogens is 2. The number of nitrogens with zero attached hydrogens (tertiary/aromatic N) is 7. The summed E-state index contributed by atoms with van der Waals surface area (Å²) in [4.78, 5) is 17.5. The molecule has 8 rings (SSSR count).